The van der Waals surface area contributed by atoms with Gasteiger partial charge < -0.3 is 9.47 Å². The van der Waals surface area contributed by atoms with Gasteiger partial charge in [0.25, 0.3) is 0 Å². The number of carbonyl (C=O) groups excluding carboxylic acids is 1. The quantitative estimate of drug-likeness (QED) is 0.247. The molecule has 0 radical (unpaired) electrons. The van der Waals surface area contributed by atoms with Crippen LogP contribution in [0.3, 0.4) is 0 Å². The van der Waals surface area contributed by atoms with E-state index >= 15 is 0 Å². The van der Waals surface area contributed by atoms with Gasteiger partial charge >= 0.3 is 5.97 Å². The first-order valence-electron chi connectivity index (χ1n) is 10.4. The second-order valence-electron chi connectivity index (χ2n) is 7.32. The van der Waals surface area contributed by atoms with Gasteiger partial charge in [0.05, 0.1) is 30.2 Å². The Bertz CT molecular complexity index is 1290. The van der Waals surface area contributed by atoms with Gasteiger partial charge in [-0.3, -0.25) is 0 Å². The summed E-state index contributed by atoms with van der Waals surface area (Å²) in [6, 6.07) is 15.7. The van der Waals surface area contributed by atoms with Gasteiger partial charge in [0.15, 0.2) is 11.3 Å². The Morgan fingerprint density at radius 3 is 2.64 bits per heavy atom. The molecule has 2 aromatic carbocycles. The summed E-state index contributed by atoms with van der Waals surface area (Å²) in [5, 5.41) is 14.0. The van der Waals surface area contributed by atoms with Crippen molar-refractivity contribution < 1.29 is 14.3 Å². The Kier molecular flexibility index (Phi) is 7.27. The van der Waals surface area contributed by atoms with E-state index in [0.29, 0.717) is 27.8 Å². The van der Waals surface area contributed by atoms with Gasteiger partial charge in [-0.05, 0) is 43.7 Å². The van der Waals surface area contributed by atoms with Crippen molar-refractivity contribution >= 4 is 35.0 Å². The van der Waals surface area contributed by atoms with Gasteiger partial charge in [-0.2, -0.15) is 5.10 Å². The molecule has 4 aromatic rings. The van der Waals surface area contributed by atoms with Gasteiger partial charge in [-0.1, -0.05) is 41.4 Å². The third-order valence-corrected chi connectivity index (χ3v) is 6.23. The molecule has 0 aliphatic rings. The Hall–Kier alpha value is -2.94. The molecule has 0 unspecified atom stereocenters. The van der Waals surface area contributed by atoms with E-state index < -0.39 is 5.97 Å². The molecule has 0 amide bonds. The summed E-state index contributed by atoms with van der Waals surface area (Å²) in [6.45, 7) is 4.31. The number of aromatic nitrogens is 4. The molecule has 4 rings (SSSR count). The fraction of sp³-hybridized carbons (Fsp3) is 0.250. The Morgan fingerprint density at radius 1 is 1.15 bits per heavy atom. The molecular formula is C24H23ClN4O3S. The molecule has 0 fully saturated rings. The lowest BCUT2D eigenvalue weighted by Crippen LogP contribution is -2.16. The number of ether oxygens (including phenoxy) is 2. The van der Waals surface area contributed by atoms with Crippen LogP contribution in [0.1, 0.15) is 34.4 Å². The summed E-state index contributed by atoms with van der Waals surface area (Å²) in [4.78, 5) is 13.7. The maximum atomic E-state index is 12.7. The summed E-state index contributed by atoms with van der Waals surface area (Å²) in [7, 11) is 1.61. The lowest BCUT2D eigenvalue weighted by molar-refractivity contribution is 0.0516. The summed E-state index contributed by atoms with van der Waals surface area (Å²) < 4.78 is 12.3. The van der Waals surface area contributed by atoms with Crippen LogP contribution in [0.25, 0.3) is 16.8 Å². The van der Waals surface area contributed by atoms with Crippen LogP contribution in [-0.4, -0.2) is 39.5 Å². The fourth-order valence-electron chi connectivity index (χ4n) is 3.44. The number of thioether (sulfide) groups is 1. The smallest absolute Gasteiger partial charge is 0.360 e. The molecule has 0 N–H and O–H groups in total. The molecule has 2 aromatic heterocycles. The highest BCUT2D eigenvalue weighted by atomic mass is 35.5. The number of esters is 1. The first-order valence-corrected chi connectivity index (χ1v) is 11.8. The zero-order valence-corrected chi connectivity index (χ0v) is 20.1. The number of fused-ring (bicyclic) bond motifs is 1. The summed E-state index contributed by atoms with van der Waals surface area (Å²) in [5.74, 6) is -0.0775. The average Bonchev–Trinajstić information content (AvgIpc) is 3.17. The summed E-state index contributed by atoms with van der Waals surface area (Å²) in [6.07, 6.45) is 0. The lowest BCUT2D eigenvalue weighted by Gasteiger charge is -2.10. The third-order valence-electron chi connectivity index (χ3n) is 4.97. The van der Waals surface area contributed by atoms with Gasteiger partial charge in [0, 0.05) is 22.8 Å². The van der Waals surface area contributed by atoms with Gasteiger partial charge in [-0.15, -0.1) is 22.0 Å². The molecule has 0 aliphatic carbocycles. The molecule has 0 saturated carbocycles. The highest BCUT2D eigenvalue weighted by molar-refractivity contribution is 7.98. The molecule has 0 atom stereocenters. The van der Waals surface area contributed by atoms with Crippen molar-refractivity contribution in [3.05, 3.63) is 76.2 Å². The number of methoxy groups -OCH3 is 1. The highest BCUT2D eigenvalue weighted by Crippen LogP contribution is 2.32. The normalized spacial score (nSPS) is 11.2. The number of hydrogen-bond donors (Lipinski definition) is 0. The van der Waals surface area contributed by atoms with E-state index in [1.807, 2.05) is 37.3 Å². The van der Waals surface area contributed by atoms with Crippen molar-refractivity contribution in [1.29, 1.82) is 0 Å². The maximum Gasteiger partial charge on any atom is 0.360 e. The van der Waals surface area contributed by atoms with E-state index in [1.54, 1.807) is 36.4 Å². The average molecular weight is 483 g/mol. The van der Waals surface area contributed by atoms with E-state index in [0.717, 1.165) is 16.0 Å². The fourth-order valence-corrected chi connectivity index (χ4v) is 4.52. The predicted molar refractivity (Wildman–Crippen MR) is 129 cm³/mol. The van der Waals surface area contributed by atoms with Crippen LogP contribution in [0.15, 0.2) is 53.4 Å². The first-order chi connectivity index (χ1) is 16.0. The first kappa shape index (κ1) is 23.2. The minimum Gasteiger partial charge on any atom is -0.461 e. The van der Waals surface area contributed by atoms with Gasteiger partial charge in [0.2, 0.25) is 0 Å². The minimum absolute atomic E-state index is 0.146. The number of hydrogen-bond acceptors (Lipinski definition) is 7. The number of aryl methyl sites for hydroxylation is 1. The monoisotopic (exact) mass is 482 g/mol. The van der Waals surface area contributed by atoms with E-state index in [9.17, 15) is 4.79 Å². The molecule has 33 heavy (non-hydrogen) atoms. The lowest BCUT2D eigenvalue weighted by atomic mass is 10.1. The zero-order chi connectivity index (χ0) is 23.4. The molecule has 9 heteroatoms. The van der Waals surface area contributed by atoms with Crippen LogP contribution in [0.2, 0.25) is 5.02 Å². The van der Waals surface area contributed by atoms with Crippen molar-refractivity contribution in [3.63, 3.8) is 0 Å². The number of rotatable bonds is 8. The summed E-state index contributed by atoms with van der Waals surface area (Å²) >= 11 is 7.83. The SMILES string of the molecule is CCOC(=O)c1nnc2c(-c3cccc(Cl)c3)c(COC)nn2c1CSc1ccc(C)cc1. The zero-order valence-electron chi connectivity index (χ0n) is 18.5. The van der Waals surface area contributed by atoms with Crippen molar-refractivity contribution in [3.8, 4) is 11.1 Å². The molecular weight excluding hydrogens is 460 g/mol. The predicted octanol–water partition coefficient (Wildman–Crippen LogP) is 5.37. The van der Waals surface area contributed by atoms with Crippen LogP contribution >= 0.6 is 23.4 Å². The second-order valence-corrected chi connectivity index (χ2v) is 8.80. The van der Waals surface area contributed by atoms with Crippen LogP contribution < -0.4 is 0 Å². The minimum atomic E-state index is -0.528. The van der Waals surface area contributed by atoms with Gasteiger partial charge in [-0.25, -0.2) is 9.31 Å². The van der Waals surface area contributed by atoms with Crippen LogP contribution in [0, 0.1) is 6.92 Å². The van der Waals surface area contributed by atoms with Crippen molar-refractivity contribution in [2.45, 2.75) is 31.1 Å². The highest BCUT2D eigenvalue weighted by Gasteiger charge is 2.24. The van der Waals surface area contributed by atoms with E-state index in [1.165, 1.54) is 5.56 Å². The molecule has 0 spiro atoms. The summed E-state index contributed by atoms with van der Waals surface area (Å²) in [5.41, 5.74) is 4.75. The van der Waals surface area contributed by atoms with Crippen LogP contribution in [0.4, 0.5) is 0 Å². The van der Waals surface area contributed by atoms with Crippen molar-refractivity contribution in [1.82, 2.24) is 19.8 Å². The maximum absolute atomic E-state index is 12.7. The molecule has 0 bridgehead atoms. The number of benzene rings is 2. The van der Waals surface area contributed by atoms with Crippen molar-refractivity contribution in [2.24, 2.45) is 0 Å². The van der Waals surface area contributed by atoms with Crippen LogP contribution in [0.5, 0.6) is 0 Å². The van der Waals surface area contributed by atoms with E-state index in [4.69, 9.17) is 26.2 Å². The van der Waals surface area contributed by atoms with Gasteiger partial charge in [0.1, 0.15) is 0 Å². The molecule has 170 valence electrons. The van der Waals surface area contributed by atoms with Crippen LogP contribution in [-0.2, 0) is 21.8 Å². The number of halogens is 1. The Morgan fingerprint density at radius 2 is 1.94 bits per heavy atom. The molecule has 7 nitrogen and oxygen atoms in total. The Labute approximate surface area is 201 Å². The van der Waals surface area contributed by atoms with E-state index in [-0.39, 0.29) is 18.9 Å². The number of carbonyl (C=O) groups is 1. The molecule has 2 heterocycles. The standard InChI is InChI=1S/C24H23ClN4O3S/c1-4-32-24(30)22-20(14-33-18-10-8-15(2)9-11-18)29-23(27-26-22)21(19(28-29)13-31-3)16-6-5-7-17(25)12-16/h5-12H,4,13-14H2,1-3H3. The number of nitrogens with zero attached hydrogens (tertiary/aromatic N) is 4. The molecule has 0 aliphatic heterocycles. The van der Waals surface area contributed by atoms with E-state index in [2.05, 4.69) is 22.3 Å². The molecule has 0 saturated heterocycles. The largest absolute Gasteiger partial charge is 0.461 e. The topological polar surface area (TPSA) is 78.6 Å². The van der Waals surface area contributed by atoms with Crippen molar-refractivity contribution in [2.75, 3.05) is 13.7 Å². The second kappa shape index (κ2) is 10.3. The third kappa shape index (κ3) is 5.03. The Balaban J connectivity index is 1.87.